The van der Waals surface area contributed by atoms with Gasteiger partial charge in [-0.1, -0.05) is 11.3 Å². The smallest absolute Gasteiger partial charge is 0.272 e. The zero-order valence-corrected chi connectivity index (χ0v) is 22.1. The summed E-state index contributed by atoms with van der Waals surface area (Å²) in [4.78, 5) is 8.43. The van der Waals surface area contributed by atoms with E-state index in [1.54, 1.807) is 36.5 Å². The van der Waals surface area contributed by atoms with Gasteiger partial charge in [-0.05, 0) is 30.2 Å². The van der Waals surface area contributed by atoms with Crippen molar-refractivity contribution < 1.29 is 26.7 Å². The average Bonchev–Trinajstić information content (AvgIpc) is 3.39. The second-order valence-electron chi connectivity index (χ2n) is 10.1. The lowest BCUT2D eigenvalue weighted by Crippen LogP contribution is -2.50. The molecule has 1 aliphatic heterocycles. The van der Waals surface area contributed by atoms with Crippen LogP contribution in [0.1, 0.15) is 24.1 Å². The molecule has 0 N–H and O–H groups in total. The molecule has 14 heteroatoms. The number of piperazine rings is 1. The fourth-order valence-corrected chi connectivity index (χ4v) is 5.10. The van der Waals surface area contributed by atoms with Crippen molar-refractivity contribution in [2.45, 2.75) is 31.7 Å². The molecule has 9 nitrogen and oxygen atoms in total. The zero-order chi connectivity index (χ0) is 29.0. The molecule has 41 heavy (non-hydrogen) atoms. The molecule has 2 aliphatic rings. The van der Waals surface area contributed by atoms with Gasteiger partial charge < -0.3 is 9.64 Å². The SMILES string of the molecule is C=N/N=C(\OCC(F)F)c1ccc(Cn2cc(-c3cccc(N4CCN(CC5CC(F)(F)C5)CC4)c3F)nn2)nc1. The van der Waals surface area contributed by atoms with Crippen molar-refractivity contribution in [1.82, 2.24) is 24.9 Å². The molecule has 1 saturated heterocycles. The third-order valence-electron chi connectivity index (χ3n) is 7.10. The molecule has 1 aliphatic carbocycles. The molecule has 2 aromatic heterocycles. The van der Waals surface area contributed by atoms with Crippen LogP contribution in [0.4, 0.5) is 27.6 Å². The van der Waals surface area contributed by atoms with E-state index in [0.29, 0.717) is 60.9 Å². The van der Waals surface area contributed by atoms with Gasteiger partial charge in [0.25, 0.3) is 6.43 Å². The second-order valence-corrected chi connectivity index (χ2v) is 10.1. The molecule has 0 spiro atoms. The van der Waals surface area contributed by atoms with Crippen molar-refractivity contribution in [2.24, 2.45) is 16.1 Å². The largest absolute Gasteiger partial charge is 0.470 e. The van der Waals surface area contributed by atoms with E-state index in [4.69, 9.17) is 4.74 Å². The van der Waals surface area contributed by atoms with Gasteiger partial charge in [0.2, 0.25) is 11.8 Å². The highest BCUT2D eigenvalue weighted by atomic mass is 19.3. The Balaban J connectivity index is 1.20. The van der Waals surface area contributed by atoms with Crippen LogP contribution >= 0.6 is 0 Å². The minimum atomic E-state index is -2.67. The first kappa shape index (κ1) is 28.6. The maximum atomic E-state index is 15.6. The highest BCUT2D eigenvalue weighted by Gasteiger charge is 2.45. The predicted molar refractivity (Wildman–Crippen MR) is 143 cm³/mol. The molecular formula is C27H29F5N8O. The summed E-state index contributed by atoms with van der Waals surface area (Å²) in [6.07, 6.45) is 0.260. The number of hydrogen-bond acceptors (Lipinski definition) is 8. The summed E-state index contributed by atoms with van der Waals surface area (Å²) in [5.41, 5.74) is 2.07. The van der Waals surface area contributed by atoms with Gasteiger partial charge in [0, 0.05) is 64.0 Å². The molecule has 1 saturated carbocycles. The van der Waals surface area contributed by atoms with Gasteiger partial charge in [-0.3, -0.25) is 9.88 Å². The molecule has 2 fully saturated rings. The molecule has 3 heterocycles. The summed E-state index contributed by atoms with van der Waals surface area (Å²) in [5, 5.41) is 15.2. The van der Waals surface area contributed by atoms with E-state index in [1.807, 2.05) is 4.90 Å². The Labute approximate surface area is 233 Å². The molecule has 0 radical (unpaired) electrons. The van der Waals surface area contributed by atoms with E-state index in [9.17, 15) is 17.6 Å². The Morgan fingerprint density at radius 3 is 2.56 bits per heavy atom. The van der Waals surface area contributed by atoms with Crippen LogP contribution in [-0.4, -0.2) is 89.2 Å². The van der Waals surface area contributed by atoms with Crippen LogP contribution in [0.3, 0.4) is 0 Å². The maximum Gasteiger partial charge on any atom is 0.272 e. The summed E-state index contributed by atoms with van der Waals surface area (Å²) in [5.74, 6) is -3.01. The van der Waals surface area contributed by atoms with Crippen LogP contribution in [0.15, 0.2) is 52.9 Å². The lowest BCUT2D eigenvalue weighted by atomic mass is 9.81. The van der Waals surface area contributed by atoms with E-state index < -0.39 is 24.8 Å². The van der Waals surface area contributed by atoms with Crippen LogP contribution in [-0.2, 0) is 11.3 Å². The van der Waals surface area contributed by atoms with Gasteiger partial charge in [-0.15, -0.1) is 10.2 Å². The lowest BCUT2D eigenvalue weighted by molar-refractivity contribution is -0.116. The second kappa shape index (κ2) is 12.3. The van der Waals surface area contributed by atoms with Crippen LogP contribution < -0.4 is 4.90 Å². The van der Waals surface area contributed by atoms with Gasteiger partial charge in [-0.2, -0.15) is 5.10 Å². The Hall–Kier alpha value is -3.94. The van der Waals surface area contributed by atoms with E-state index >= 15 is 4.39 Å². The van der Waals surface area contributed by atoms with Crippen LogP contribution in [0, 0.1) is 11.7 Å². The third kappa shape index (κ3) is 7.04. The van der Waals surface area contributed by atoms with E-state index in [0.717, 1.165) is 0 Å². The van der Waals surface area contributed by atoms with Crippen molar-refractivity contribution >= 4 is 18.3 Å². The zero-order valence-electron chi connectivity index (χ0n) is 22.1. The Morgan fingerprint density at radius 2 is 1.90 bits per heavy atom. The molecule has 5 rings (SSSR count). The highest BCUT2D eigenvalue weighted by Crippen LogP contribution is 2.42. The number of nitrogens with zero attached hydrogens (tertiary/aromatic N) is 8. The van der Waals surface area contributed by atoms with Gasteiger partial charge in [0.15, 0.2) is 12.4 Å². The predicted octanol–water partition coefficient (Wildman–Crippen LogP) is 4.34. The fraction of sp³-hybridized carbons (Fsp3) is 0.444. The van der Waals surface area contributed by atoms with Crippen LogP contribution in [0.2, 0.25) is 0 Å². The van der Waals surface area contributed by atoms with Crippen LogP contribution in [0.5, 0.6) is 0 Å². The van der Waals surface area contributed by atoms with Crippen molar-refractivity contribution in [3.63, 3.8) is 0 Å². The van der Waals surface area contributed by atoms with Gasteiger partial charge in [-0.25, -0.2) is 26.6 Å². The number of rotatable bonds is 10. The lowest BCUT2D eigenvalue weighted by Gasteiger charge is -2.42. The normalized spacial score (nSPS) is 18.0. The average molecular weight is 577 g/mol. The number of halogens is 5. The quantitative estimate of drug-likeness (QED) is 0.155. The molecule has 3 aromatic rings. The Morgan fingerprint density at radius 1 is 1.12 bits per heavy atom. The molecule has 218 valence electrons. The molecule has 0 bridgehead atoms. The first-order valence-electron chi connectivity index (χ1n) is 13.1. The number of hydrogen-bond donors (Lipinski definition) is 0. The monoisotopic (exact) mass is 576 g/mol. The Kier molecular flexibility index (Phi) is 8.57. The Bertz CT molecular complexity index is 1360. The minimum absolute atomic E-state index is 0.0280. The first-order chi connectivity index (χ1) is 19.7. The fourth-order valence-electron chi connectivity index (χ4n) is 5.10. The minimum Gasteiger partial charge on any atom is -0.470 e. The van der Waals surface area contributed by atoms with Gasteiger partial charge in [0.05, 0.1) is 29.7 Å². The molecule has 0 unspecified atom stereocenters. The number of aromatic nitrogens is 4. The van der Waals surface area contributed by atoms with E-state index in [1.165, 1.54) is 10.9 Å². The molecule has 0 amide bonds. The summed E-state index contributed by atoms with van der Waals surface area (Å²) in [6.45, 7) is 5.82. The molecular weight excluding hydrogens is 547 g/mol. The molecule has 1 aromatic carbocycles. The van der Waals surface area contributed by atoms with Crippen molar-refractivity contribution in [2.75, 3.05) is 44.2 Å². The summed E-state index contributed by atoms with van der Waals surface area (Å²) >= 11 is 0. The summed E-state index contributed by atoms with van der Waals surface area (Å²) in [7, 11) is 0. The van der Waals surface area contributed by atoms with Crippen LogP contribution in [0.25, 0.3) is 11.3 Å². The van der Waals surface area contributed by atoms with Crippen molar-refractivity contribution in [3.05, 3.63) is 59.8 Å². The summed E-state index contributed by atoms with van der Waals surface area (Å²) < 4.78 is 73.4. The third-order valence-corrected chi connectivity index (χ3v) is 7.10. The number of benzene rings is 1. The van der Waals surface area contributed by atoms with Gasteiger partial charge in [0.1, 0.15) is 5.69 Å². The van der Waals surface area contributed by atoms with Crippen molar-refractivity contribution in [3.8, 4) is 11.3 Å². The molecule has 0 atom stereocenters. The highest BCUT2D eigenvalue weighted by molar-refractivity contribution is 5.93. The topological polar surface area (TPSA) is 84.0 Å². The first-order valence-corrected chi connectivity index (χ1v) is 13.1. The standard InChI is InChI=1S/C27H29F5N8O/c1-33-36-26(41-17-24(28)29)19-5-6-20(34-13-19)15-40-16-22(35-37-40)21-3-2-4-23(25(21)30)39-9-7-38(8-10-39)14-18-11-27(31,32)12-18/h2-6,13,16,18,24H,1,7-12,14-15,17H2/b36-26-. The van der Waals surface area contributed by atoms with E-state index in [-0.39, 0.29) is 31.2 Å². The number of anilines is 1. The van der Waals surface area contributed by atoms with Gasteiger partial charge >= 0.3 is 0 Å². The maximum absolute atomic E-state index is 15.6. The summed E-state index contributed by atoms with van der Waals surface area (Å²) in [6, 6.07) is 8.38. The number of pyridine rings is 1. The van der Waals surface area contributed by atoms with Crippen molar-refractivity contribution in [1.29, 1.82) is 0 Å². The van der Waals surface area contributed by atoms with E-state index in [2.05, 4.69) is 37.1 Å². The number of alkyl halides is 4. The number of ether oxygens (including phenoxy) is 1.